The van der Waals surface area contributed by atoms with Crippen molar-refractivity contribution in [3.05, 3.63) is 70.3 Å². The molecule has 0 fully saturated rings. The van der Waals surface area contributed by atoms with Crippen LogP contribution in [-0.4, -0.2) is 41.6 Å². The van der Waals surface area contributed by atoms with E-state index in [4.69, 9.17) is 4.74 Å². The molecule has 0 N–H and O–H groups in total. The van der Waals surface area contributed by atoms with Gasteiger partial charge in [0.2, 0.25) is 0 Å². The molecule has 2 amide bonds. The minimum Gasteiger partial charge on any atom is -0.457 e. The number of carbonyl (C=O) groups excluding carboxylic acids is 4. The summed E-state index contributed by atoms with van der Waals surface area (Å²) in [7, 11) is 0. The highest BCUT2D eigenvalue weighted by atomic mass is 19.4. The van der Waals surface area contributed by atoms with E-state index in [0.717, 1.165) is 22.6 Å². The van der Waals surface area contributed by atoms with Gasteiger partial charge in [-0.1, -0.05) is 23.8 Å². The zero-order valence-corrected chi connectivity index (χ0v) is 15.8. The van der Waals surface area contributed by atoms with E-state index in [0.29, 0.717) is 6.07 Å². The molecule has 6 nitrogen and oxygen atoms in total. The van der Waals surface area contributed by atoms with Gasteiger partial charge in [0, 0.05) is 12.1 Å². The van der Waals surface area contributed by atoms with E-state index < -0.39 is 41.9 Å². The molecule has 2 aromatic carbocycles. The molecule has 0 bridgehead atoms. The number of rotatable bonds is 6. The first kappa shape index (κ1) is 21.2. The lowest BCUT2D eigenvalue weighted by Gasteiger charge is -2.13. The Morgan fingerprint density at radius 2 is 1.70 bits per heavy atom. The van der Waals surface area contributed by atoms with E-state index in [1.54, 1.807) is 19.1 Å². The Hall–Kier alpha value is -3.49. The lowest BCUT2D eigenvalue weighted by atomic mass is 10.1. The zero-order chi connectivity index (χ0) is 22.1. The second-order valence-electron chi connectivity index (χ2n) is 6.72. The van der Waals surface area contributed by atoms with Crippen molar-refractivity contribution in [1.29, 1.82) is 0 Å². The normalized spacial score (nSPS) is 13.4. The molecule has 156 valence electrons. The molecule has 30 heavy (non-hydrogen) atoms. The second-order valence-corrected chi connectivity index (χ2v) is 6.72. The molecule has 0 aromatic heterocycles. The first-order valence-electron chi connectivity index (χ1n) is 8.91. The molecule has 0 unspecified atom stereocenters. The molecule has 0 saturated carbocycles. The van der Waals surface area contributed by atoms with Crippen LogP contribution in [0.2, 0.25) is 0 Å². The number of fused-ring (bicyclic) bond motifs is 1. The number of alkyl halides is 3. The average Bonchev–Trinajstić information content (AvgIpc) is 2.93. The monoisotopic (exact) mass is 419 g/mol. The number of esters is 1. The highest BCUT2D eigenvalue weighted by molar-refractivity contribution is 6.21. The Bertz CT molecular complexity index is 1050. The Morgan fingerprint density at radius 3 is 2.40 bits per heavy atom. The van der Waals surface area contributed by atoms with Gasteiger partial charge in [0.1, 0.15) is 0 Å². The smallest absolute Gasteiger partial charge is 0.416 e. The summed E-state index contributed by atoms with van der Waals surface area (Å²) in [6.45, 7) is 0.795. The van der Waals surface area contributed by atoms with Crippen molar-refractivity contribution in [3.63, 3.8) is 0 Å². The van der Waals surface area contributed by atoms with Crippen LogP contribution >= 0.6 is 0 Å². The Balaban J connectivity index is 1.54. The Kier molecular flexibility index (Phi) is 5.73. The van der Waals surface area contributed by atoms with Gasteiger partial charge >= 0.3 is 12.1 Å². The third kappa shape index (κ3) is 4.40. The number of halogens is 3. The van der Waals surface area contributed by atoms with Crippen molar-refractivity contribution >= 4 is 23.6 Å². The number of ether oxygens (including phenoxy) is 1. The summed E-state index contributed by atoms with van der Waals surface area (Å²) in [6, 6.07) is 8.59. The minimum atomic E-state index is -4.60. The standard InChI is InChI=1S/C21H16F3NO5/c1-12-5-6-15-16(9-12)20(29)25(19(15)28)8-7-18(27)30-11-17(26)13-3-2-4-14(10-13)21(22,23)24/h2-6,9-10H,7-8,11H2,1H3. The van der Waals surface area contributed by atoms with Gasteiger partial charge in [0.15, 0.2) is 12.4 Å². The van der Waals surface area contributed by atoms with Crippen LogP contribution in [-0.2, 0) is 15.7 Å². The largest absolute Gasteiger partial charge is 0.457 e. The first-order chi connectivity index (χ1) is 14.1. The highest BCUT2D eigenvalue weighted by Crippen LogP contribution is 2.29. The van der Waals surface area contributed by atoms with Crippen molar-refractivity contribution in [1.82, 2.24) is 4.90 Å². The summed E-state index contributed by atoms with van der Waals surface area (Å²) < 4.78 is 43.0. The molecule has 0 saturated heterocycles. The highest BCUT2D eigenvalue weighted by Gasteiger charge is 2.35. The van der Waals surface area contributed by atoms with Crippen LogP contribution in [0, 0.1) is 6.92 Å². The summed E-state index contributed by atoms with van der Waals surface area (Å²) in [5.74, 6) is -2.71. The van der Waals surface area contributed by atoms with Gasteiger partial charge in [0.25, 0.3) is 11.8 Å². The van der Waals surface area contributed by atoms with Crippen molar-refractivity contribution in [2.75, 3.05) is 13.2 Å². The van der Waals surface area contributed by atoms with E-state index in [1.165, 1.54) is 12.1 Å². The number of hydrogen-bond acceptors (Lipinski definition) is 5. The zero-order valence-electron chi connectivity index (χ0n) is 15.8. The topological polar surface area (TPSA) is 80.8 Å². The van der Waals surface area contributed by atoms with E-state index in [1.807, 2.05) is 0 Å². The summed E-state index contributed by atoms with van der Waals surface area (Å²) in [5.41, 5.74) is 0.0879. The molecule has 0 radical (unpaired) electrons. The van der Waals surface area contributed by atoms with Gasteiger partial charge in [0.05, 0.1) is 23.1 Å². The van der Waals surface area contributed by atoms with Crippen molar-refractivity contribution in [2.24, 2.45) is 0 Å². The average molecular weight is 419 g/mol. The van der Waals surface area contributed by atoms with Crippen molar-refractivity contribution < 1.29 is 37.1 Å². The predicted octanol–water partition coefficient (Wildman–Crippen LogP) is 3.43. The number of nitrogens with zero attached hydrogens (tertiary/aromatic N) is 1. The van der Waals surface area contributed by atoms with E-state index in [2.05, 4.69) is 0 Å². The number of ketones is 1. The number of Topliss-reactive ketones (excluding diaryl/α,β-unsaturated/α-hetero) is 1. The molecule has 2 aromatic rings. The molecule has 1 heterocycles. The summed E-state index contributed by atoms with van der Waals surface area (Å²) in [5, 5.41) is 0. The third-order valence-electron chi connectivity index (χ3n) is 4.54. The van der Waals surface area contributed by atoms with E-state index in [-0.39, 0.29) is 29.7 Å². The number of hydrogen-bond donors (Lipinski definition) is 0. The molecule has 0 aliphatic carbocycles. The van der Waals surface area contributed by atoms with Gasteiger partial charge in [-0.3, -0.25) is 24.1 Å². The third-order valence-corrected chi connectivity index (χ3v) is 4.54. The van der Waals surface area contributed by atoms with Crippen LogP contribution < -0.4 is 0 Å². The minimum absolute atomic E-state index is 0.234. The fraction of sp³-hybridized carbons (Fsp3) is 0.238. The Labute approximate surface area is 169 Å². The molecule has 0 spiro atoms. The summed E-state index contributed by atoms with van der Waals surface area (Å²) >= 11 is 0. The van der Waals surface area contributed by atoms with Crippen LogP contribution in [0.1, 0.15) is 48.6 Å². The van der Waals surface area contributed by atoms with Crippen molar-refractivity contribution in [3.8, 4) is 0 Å². The molecule has 1 aliphatic heterocycles. The van der Waals surface area contributed by atoms with Crippen molar-refractivity contribution in [2.45, 2.75) is 19.5 Å². The number of benzene rings is 2. The molecular formula is C21H16F3NO5. The lowest BCUT2D eigenvalue weighted by molar-refractivity contribution is -0.142. The second kappa shape index (κ2) is 8.10. The van der Waals surface area contributed by atoms with Gasteiger partial charge in [-0.05, 0) is 31.2 Å². The summed E-state index contributed by atoms with van der Waals surface area (Å²) in [6.07, 6.45) is -4.95. The molecule has 1 aliphatic rings. The van der Waals surface area contributed by atoms with E-state index in [9.17, 15) is 32.3 Å². The van der Waals surface area contributed by atoms with Gasteiger partial charge < -0.3 is 4.74 Å². The maximum Gasteiger partial charge on any atom is 0.416 e. The van der Waals surface area contributed by atoms with Gasteiger partial charge in [-0.15, -0.1) is 0 Å². The molecular weight excluding hydrogens is 403 g/mol. The maximum absolute atomic E-state index is 12.7. The van der Waals surface area contributed by atoms with Crippen LogP contribution in [0.15, 0.2) is 42.5 Å². The molecule has 3 rings (SSSR count). The lowest BCUT2D eigenvalue weighted by Crippen LogP contribution is -2.32. The number of imide groups is 1. The molecule has 0 atom stereocenters. The number of amides is 2. The van der Waals surface area contributed by atoms with E-state index >= 15 is 0 Å². The Morgan fingerprint density at radius 1 is 1.00 bits per heavy atom. The van der Waals surface area contributed by atoms with Crippen LogP contribution in [0.5, 0.6) is 0 Å². The van der Waals surface area contributed by atoms with Gasteiger partial charge in [-0.2, -0.15) is 13.2 Å². The first-order valence-corrected chi connectivity index (χ1v) is 8.91. The summed E-state index contributed by atoms with van der Waals surface area (Å²) in [4.78, 5) is 49.5. The van der Waals surface area contributed by atoms with Crippen LogP contribution in [0.25, 0.3) is 0 Å². The van der Waals surface area contributed by atoms with Crippen LogP contribution in [0.3, 0.4) is 0 Å². The quantitative estimate of drug-likeness (QED) is 0.407. The maximum atomic E-state index is 12.7. The number of aryl methyl sites for hydroxylation is 1. The number of carbonyl (C=O) groups is 4. The molecule has 9 heteroatoms. The fourth-order valence-corrected chi connectivity index (χ4v) is 2.98. The fourth-order valence-electron chi connectivity index (χ4n) is 2.98. The van der Waals surface area contributed by atoms with Gasteiger partial charge in [-0.25, -0.2) is 0 Å². The SMILES string of the molecule is Cc1ccc2c(c1)C(=O)N(CCC(=O)OCC(=O)c1cccc(C(F)(F)F)c1)C2=O. The van der Waals surface area contributed by atoms with Crippen LogP contribution in [0.4, 0.5) is 13.2 Å². The predicted molar refractivity (Wildman–Crippen MR) is 97.9 cm³/mol.